The van der Waals surface area contributed by atoms with Gasteiger partial charge in [0.05, 0.1) is 30.0 Å². The maximum atomic E-state index is 14.6. The van der Waals surface area contributed by atoms with E-state index in [0.29, 0.717) is 24.3 Å². The fourth-order valence-corrected chi connectivity index (χ4v) is 8.39. The quantitative estimate of drug-likeness (QED) is 0.0535. The fourth-order valence-electron chi connectivity index (χ4n) is 8.39. The van der Waals surface area contributed by atoms with Gasteiger partial charge in [0.2, 0.25) is 5.43 Å². The Bertz CT molecular complexity index is 2120. The van der Waals surface area contributed by atoms with Crippen molar-refractivity contribution in [2.45, 2.75) is 117 Å². The van der Waals surface area contributed by atoms with Gasteiger partial charge in [-0.15, -0.1) is 0 Å². The highest BCUT2D eigenvalue weighted by Gasteiger charge is 2.61. The fraction of sp³-hybridized carbons (Fsp3) is 0.658. The molecule has 1 aromatic heterocycles. The number of hydrogen-bond donors (Lipinski definition) is 14. The molecular formula is C38H57FN10O15. The maximum Gasteiger partial charge on any atom is 0.341 e. The van der Waals surface area contributed by atoms with E-state index in [1.54, 1.807) is 6.07 Å². The number of fused-ring (bicyclic) bond motifs is 1. The van der Waals surface area contributed by atoms with Crippen molar-refractivity contribution in [2.24, 2.45) is 32.9 Å². The zero-order valence-corrected chi connectivity index (χ0v) is 34.8. The Morgan fingerprint density at radius 2 is 1.61 bits per heavy atom. The van der Waals surface area contributed by atoms with E-state index in [-0.39, 0.29) is 23.3 Å². The number of nitrogens with one attached hydrogen (secondary N) is 2. The molecular weight excluding hydrogens is 855 g/mol. The number of hydrogen-bond acceptors (Lipinski definition) is 19. The van der Waals surface area contributed by atoms with Gasteiger partial charge in [-0.2, -0.15) is 0 Å². The molecule has 26 heteroatoms. The third kappa shape index (κ3) is 9.64. The summed E-state index contributed by atoms with van der Waals surface area (Å²) in [7, 11) is 1.42. The molecule has 3 aliphatic heterocycles. The summed E-state index contributed by atoms with van der Waals surface area (Å²) in [6.45, 7) is 3.58. The van der Waals surface area contributed by atoms with Crippen molar-refractivity contribution >= 4 is 40.8 Å². The van der Waals surface area contributed by atoms with Crippen molar-refractivity contribution in [1.29, 1.82) is 0 Å². The first kappa shape index (κ1) is 48.8. The number of rotatable bonds is 12. The number of piperazine rings is 1. The number of halogens is 1. The van der Waals surface area contributed by atoms with Gasteiger partial charge in [-0.25, -0.2) is 19.2 Å². The van der Waals surface area contributed by atoms with E-state index in [4.69, 9.17) is 41.9 Å². The van der Waals surface area contributed by atoms with Gasteiger partial charge in [0, 0.05) is 43.8 Å². The zero-order chi connectivity index (χ0) is 46.9. The Kier molecular flexibility index (Phi) is 15.1. The van der Waals surface area contributed by atoms with Crippen molar-refractivity contribution in [3.63, 3.8) is 0 Å². The van der Waals surface area contributed by atoms with Crippen LogP contribution in [0.3, 0.4) is 0 Å². The van der Waals surface area contributed by atoms with Gasteiger partial charge in [-0.3, -0.25) is 9.59 Å². The average Bonchev–Trinajstić information content (AvgIpc) is 4.08. The molecule has 2 aromatic rings. The normalized spacial score (nSPS) is 36.4. The van der Waals surface area contributed by atoms with Crippen LogP contribution in [-0.4, -0.2) is 201 Å². The molecule has 5 fully saturated rings. The third-order valence-corrected chi connectivity index (χ3v) is 12.1. The number of aliphatic hydroxyl groups is 7. The Morgan fingerprint density at radius 1 is 0.969 bits per heavy atom. The lowest BCUT2D eigenvalue weighted by Gasteiger charge is -2.45. The zero-order valence-electron chi connectivity index (χ0n) is 34.8. The molecule has 7 rings (SSSR count). The van der Waals surface area contributed by atoms with Crippen LogP contribution in [0.2, 0.25) is 0 Å². The van der Waals surface area contributed by atoms with Crippen LogP contribution in [0.15, 0.2) is 33.1 Å². The number of benzene rings is 1. The van der Waals surface area contributed by atoms with E-state index in [1.165, 1.54) is 26.2 Å². The number of pyridine rings is 1. The van der Waals surface area contributed by atoms with Crippen LogP contribution < -0.4 is 43.9 Å². The summed E-state index contributed by atoms with van der Waals surface area (Å²) in [5.74, 6) is -2.79. The number of guanidine groups is 2. The molecule has 4 heterocycles. The highest BCUT2D eigenvalue weighted by Crippen LogP contribution is 2.40. The Balaban J connectivity index is 0.000000239. The summed E-state index contributed by atoms with van der Waals surface area (Å²) in [4.78, 5) is 45.4. The average molecular weight is 913 g/mol. The first-order chi connectivity index (χ1) is 30.3. The highest BCUT2D eigenvalue weighted by atomic mass is 19.1. The lowest BCUT2D eigenvalue weighted by molar-refractivity contribution is -0.314. The molecule has 0 bridgehead atoms. The van der Waals surface area contributed by atoms with Crippen LogP contribution in [0.4, 0.5) is 10.1 Å². The Hall–Kier alpha value is -4.68. The minimum Gasteiger partial charge on any atom is -0.477 e. The van der Waals surface area contributed by atoms with E-state index >= 15 is 0 Å². The lowest BCUT2D eigenvalue weighted by atomic mass is 9.81. The first-order valence-electron chi connectivity index (χ1n) is 20.5. The SMILES string of the molecule is CN[C@@H]1[C@H](O[C@H]2[C@H](O[C@H]3[C@H](O)[C@@H](O)[C@H](N=C(N)N)[C@@H](O)[C@@H]3N=C(N)N)O[C@@H](C)[C@]2(O)C=O)O[C@@H](CO)[C@H](O)[C@H]1O.O=C(O)c1cn(C2CC2)c2cc(N3CCNCC3)c(F)cc2c1=O. The van der Waals surface area contributed by atoms with Crippen molar-refractivity contribution in [3.8, 4) is 0 Å². The van der Waals surface area contributed by atoms with Gasteiger partial charge < -0.3 is 103 Å². The number of carboxylic acids is 1. The summed E-state index contributed by atoms with van der Waals surface area (Å²) in [6.07, 6.45) is -14.0. The number of aliphatic hydroxyl groups excluding tert-OH is 6. The highest BCUT2D eigenvalue weighted by molar-refractivity contribution is 5.93. The Morgan fingerprint density at radius 3 is 2.17 bits per heavy atom. The number of ether oxygens (including phenoxy) is 4. The van der Waals surface area contributed by atoms with Gasteiger partial charge in [-0.1, -0.05) is 0 Å². The van der Waals surface area contributed by atoms with Crippen LogP contribution in [-0.2, 0) is 23.7 Å². The van der Waals surface area contributed by atoms with E-state index in [9.17, 15) is 59.6 Å². The van der Waals surface area contributed by atoms with E-state index in [0.717, 1.165) is 25.9 Å². The number of carboxylic acid groups (broad SMARTS) is 1. The van der Waals surface area contributed by atoms with Gasteiger partial charge in [-0.05, 0) is 38.9 Å². The summed E-state index contributed by atoms with van der Waals surface area (Å²) < 4.78 is 39.4. The summed E-state index contributed by atoms with van der Waals surface area (Å²) in [5.41, 5.74) is 19.5. The molecule has 18 N–H and O–H groups in total. The van der Waals surface area contributed by atoms with Gasteiger partial charge in [0.25, 0.3) is 0 Å². The number of nitrogens with two attached hydrogens (primary N) is 4. The Labute approximate surface area is 364 Å². The van der Waals surface area contributed by atoms with Crippen molar-refractivity contribution in [3.05, 3.63) is 39.9 Å². The number of aliphatic imine (C=N–C) groups is 2. The molecule has 2 saturated carbocycles. The number of nitrogens with zero attached hydrogens (tertiary/aromatic N) is 4. The summed E-state index contributed by atoms with van der Waals surface area (Å²) in [5, 5.41) is 89.3. The molecule has 356 valence electrons. The predicted octanol–water partition coefficient (Wildman–Crippen LogP) is -6.58. The number of aromatic nitrogens is 1. The molecule has 0 amide bonds. The number of anilines is 1. The number of aldehydes is 1. The molecule has 0 spiro atoms. The topological polar surface area (TPSA) is 411 Å². The molecule has 25 nitrogen and oxygen atoms in total. The predicted molar refractivity (Wildman–Crippen MR) is 221 cm³/mol. The second kappa shape index (κ2) is 19.8. The number of carbonyl (C=O) groups is 2. The number of aromatic carboxylic acids is 1. The van der Waals surface area contributed by atoms with Crippen LogP contribution in [0, 0.1) is 5.82 Å². The van der Waals surface area contributed by atoms with Crippen molar-refractivity contribution in [1.82, 2.24) is 15.2 Å². The minimum atomic E-state index is -2.38. The molecule has 3 saturated heterocycles. The van der Waals surface area contributed by atoms with Crippen LogP contribution in [0.25, 0.3) is 10.9 Å². The smallest absolute Gasteiger partial charge is 0.341 e. The van der Waals surface area contributed by atoms with E-state index < -0.39 is 127 Å². The molecule has 0 radical (unpaired) electrons. The van der Waals surface area contributed by atoms with Crippen LogP contribution >= 0.6 is 0 Å². The largest absolute Gasteiger partial charge is 0.477 e. The monoisotopic (exact) mass is 912 g/mol. The first-order valence-corrected chi connectivity index (χ1v) is 20.5. The van der Waals surface area contributed by atoms with Crippen molar-refractivity contribution < 1.29 is 73.8 Å². The number of likely N-dealkylation sites (N-methyl/N-ethyl adjacent to an activating group) is 1. The maximum absolute atomic E-state index is 14.6. The van der Waals surface area contributed by atoms with Crippen LogP contribution in [0.5, 0.6) is 0 Å². The molecule has 15 atom stereocenters. The van der Waals surface area contributed by atoms with Crippen molar-refractivity contribution in [2.75, 3.05) is 44.7 Å². The van der Waals surface area contributed by atoms with Gasteiger partial charge in [0.1, 0.15) is 72.3 Å². The second-order valence-corrected chi connectivity index (χ2v) is 16.3. The second-order valence-electron chi connectivity index (χ2n) is 16.3. The standard InChI is InChI=1S/C21H39N7O12.C17H18FN3O3/c1-5-21(36,4-30)16(40-17-9(26-2)13(34)10(31)6(3-29)38-17)18(37-5)39-15-8(28-20(24)25)11(32)7(27-19(22)23)12(33)14(15)35;18-13-7-11-14(8-15(13)20-5-3-19-4-6-20)21(10-1-2-10)9-12(16(11)22)17(23)24/h4-18,26,29,31-36H,3H2,1-2H3,(H4,22,23,27)(H4,24,25,28);7-10,19H,1-6H2,(H,23,24)/t5-,6-,7+,8-,9-,10-,11+,12-,13-,14+,15+,16-,17-,18-,21+;/m0./s1. The molecule has 5 aliphatic rings. The third-order valence-electron chi connectivity index (χ3n) is 12.1. The van der Waals surface area contributed by atoms with Gasteiger partial charge in [0.15, 0.2) is 36.4 Å². The summed E-state index contributed by atoms with van der Waals surface area (Å²) in [6, 6.07) is -1.00. The molecule has 64 heavy (non-hydrogen) atoms. The summed E-state index contributed by atoms with van der Waals surface area (Å²) >= 11 is 0. The molecule has 0 unspecified atom stereocenters. The van der Waals surface area contributed by atoms with E-state index in [2.05, 4.69) is 20.6 Å². The van der Waals surface area contributed by atoms with E-state index in [1.807, 2.05) is 9.47 Å². The lowest BCUT2D eigenvalue weighted by Crippen LogP contribution is -2.66. The molecule has 2 aliphatic carbocycles. The molecule has 1 aromatic carbocycles. The number of carbonyl (C=O) groups excluding carboxylic acids is 1. The minimum absolute atomic E-state index is 0.137. The van der Waals surface area contributed by atoms with Gasteiger partial charge >= 0.3 is 5.97 Å². The van der Waals surface area contributed by atoms with Crippen LogP contribution in [0.1, 0.15) is 36.2 Å².